The van der Waals surface area contributed by atoms with Crippen LogP contribution in [-0.4, -0.2) is 44.7 Å². The number of guanidine groups is 1. The van der Waals surface area contributed by atoms with Gasteiger partial charge >= 0.3 is 5.96 Å². The summed E-state index contributed by atoms with van der Waals surface area (Å²) >= 11 is 0. The minimum atomic E-state index is 0. The van der Waals surface area contributed by atoms with E-state index in [9.17, 15) is 0 Å². The Morgan fingerprint density at radius 3 is 1.93 bits per heavy atom. The van der Waals surface area contributed by atoms with Crippen LogP contribution in [0, 0.1) is 0 Å². The number of hydrogen-bond donors (Lipinski definition) is 3. The summed E-state index contributed by atoms with van der Waals surface area (Å²) in [6, 6.07) is 0. The average molecular weight is 428 g/mol. The Hall–Kier alpha value is 0.690. The van der Waals surface area contributed by atoms with Crippen LogP contribution >= 0.6 is 0 Å². The van der Waals surface area contributed by atoms with Crippen molar-refractivity contribution in [3.63, 3.8) is 0 Å². The highest BCUT2D eigenvalue weighted by molar-refractivity contribution is 5.69. The van der Waals surface area contributed by atoms with E-state index in [1.54, 1.807) is 0 Å². The topological polar surface area (TPSA) is 66.0 Å². The molecule has 0 fully saturated rings. The number of halogens is 2. The SMILES string of the molecule is C[N+](C)(C)CCCC[NH+]=C(N)N.[I-].[I-]. The van der Waals surface area contributed by atoms with Gasteiger partial charge in [0.15, 0.2) is 0 Å². The van der Waals surface area contributed by atoms with Gasteiger partial charge in [0.2, 0.25) is 0 Å². The molecule has 0 radical (unpaired) electrons. The van der Waals surface area contributed by atoms with Crippen LogP contribution < -0.4 is 64.4 Å². The van der Waals surface area contributed by atoms with Crippen molar-refractivity contribution in [2.24, 2.45) is 11.5 Å². The van der Waals surface area contributed by atoms with Crippen LogP contribution in [0.3, 0.4) is 0 Å². The van der Waals surface area contributed by atoms with Crippen LogP contribution in [0.2, 0.25) is 0 Å². The Bertz CT molecular complexity index is 150. The Morgan fingerprint density at radius 2 is 1.57 bits per heavy atom. The number of nitrogens with zero attached hydrogens (tertiary/aromatic N) is 1. The standard InChI is InChI=1S/C8H21N4.2HI/c1-12(2,3)7-5-4-6-11-8(9)10;;/h4-7H2,1-3H3,(H4,9,10,11);2*1H/q+1;;/p-1. The molecule has 88 valence electrons. The summed E-state index contributed by atoms with van der Waals surface area (Å²) in [5.41, 5.74) is 10.5. The van der Waals surface area contributed by atoms with E-state index in [-0.39, 0.29) is 48.0 Å². The van der Waals surface area contributed by atoms with Gasteiger partial charge in [0.25, 0.3) is 0 Å². The lowest BCUT2D eigenvalue weighted by atomic mass is 10.3. The van der Waals surface area contributed by atoms with Gasteiger partial charge in [-0.1, -0.05) is 0 Å². The second kappa shape index (κ2) is 10.2. The molecule has 0 amide bonds. The maximum Gasteiger partial charge on any atom is 0.338 e. The van der Waals surface area contributed by atoms with Gasteiger partial charge < -0.3 is 52.4 Å². The summed E-state index contributed by atoms with van der Waals surface area (Å²) in [6.45, 7) is 2.06. The number of rotatable bonds is 5. The van der Waals surface area contributed by atoms with Crippen LogP contribution in [0.4, 0.5) is 0 Å². The molecular weight excluding hydrogens is 406 g/mol. The predicted octanol–water partition coefficient (Wildman–Crippen LogP) is -8.17. The summed E-state index contributed by atoms with van der Waals surface area (Å²) in [4.78, 5) is 2.90. The van der Waals surface area contributed by atoms with Crippen molar-refractivity contribution in [2.75, 3.05) is 34.2 Å². The molecule has 0 saturated carbocycles. The van der Waals surface area contributed by atoms with E-state index >= 15 is 0 Å². The molecule has 0 unspecified atom stereocenters. The summed E-state index contributed by atoms with van der Waals surface area (Å²) in [6.07, 6.45) is 2.32. The Morgan fingerprint density at radius 1 is 1.07 bits per heavy atom. The molecule has 0 aromatic heterocycles. The summed E-state index contributed by atoms with van der Waals surface area (Å²) in [5.74, 6) is 0.320. The second-order valence-corrected chi connectivity index (χ2v) is 4.10. The quantitative estimate of drug-likeness (QED) is 0.134. The Kier molecular flexibility index (Phi) is 14.7. The lowest BCUT2D eigenvalue weighted by Gasteiger charge is -2.23. The zero-order valence-electron chi connectivity index (χ0n) is 9.19. The third kappa shape index (κ3) is 18.5. The lowest BCUT2D eigenvalue weighted by molar-refractivity contribution is -0.870. The average Bonchev–Trinajstić information content (AvgIpc) is 1.83. The second-order valence-electron chi connectivity index (χ2n) is 4.10. The molecule has 0 aliphatic rings. The Balaban J connectivity index is -0.000000605. The molecule has 0 aliphatic heterocycles. The van der Waals surface area contributed by atoms with Gasteiger partial charge in [-0.3, -0.25) is 16.5 Å². The van der Waals surface area contributed by atoms with E-state index in [0.29, 0.717) is 5.96 Å². The van der Waals surface area contributed by atoms with E-state index in [2.05, 4.69) is 26.1 Å². The van der Waals surface area contributed by atoms with Crippen LogP contribution in [0.25, 0.3) is 0 Å². The summed E-state index contributed by atoms with van der Waals surface area (Å²) in [5, 5.41) is 0. The maximum absolute atomic E-state index is 5.24. The molecule has 0 spiro atoms. The minimum absolute atomic E-state index is 0. The highest BCUT2D eigenvalue weighted by Gasteiger charge is 2.04. The molecule has 0 heterocycles. The monoisotopic (exact) mass is 428 g/mol. The van der Waals surface area contributed by atoms with Crippen molar-refractivity contribution in [1.82, 2.24) is 0 Å². The van der Waals surface area contributed by atoms with Crippen LogP contribution in [0.15, 0.2) is 0 Å². The third-order valence-corrected chi connectivity index (χ3v) is 1.58. The molecule has 0 aliphatic carbocycles. The van der Waals surface area contributed by atoms with Gasteiger partial charge in [-0.2, -0.15) is 0 Å². The van der Waals surface area contributed by atoms with Crippen molar-refractivity contribution in [2.45, 2.75) is 12.8 Å². The molecular formula is C8H22I2N4. The fourth-order valence-corrected chi connectivity index (χ4v) is 0.944. The zero-order chi connectivity index (χ0) is 9.61. The maximum atomic E-state index is 5.24. The van der Waals surface area contributed by atoms with E-state index in [0.717, 1.165) is 17.4 Å². The van der Waals surface area contributed by atoms with Crippen LogP contribution in [0.5, 0.6) is 0 Å². The van der Waals surface area contributed by atoms with Gasteiger partial charge in [-0.25, -0.2) is 0 Å². The normalized spacial score (nSPS) is 9.64. The number of nitrogens with one attached hydrogen (secondary N) is 1. The lowest BCUT2D eigenvalue weighted by Crippen LogP contribution is -3.00. The van der Waals surface area contributed by atoms with E-state index < -0.39 is 0 Å². The molecule has 0 bridgehead atoms. The van der Waals surface area contributed by atoms with Crippen molar-refractivity contribution < 1.29 is 57.4 Å². The van der Waals surface area contributed by atoms with Crippen molar-refractivity contribution in [3.8, 4) is 0 Å². The largest absolute Gasteiger partial charge is 1.00 e. The van der Waals surface area contributed by atoms with E-state index in [1.807, 2.05) is 0 Å². The predicted molar refractivity (Wildman–Crippen MR) is 51.3 cm³/mol. The van der Waals surface area contributed by atoms with Gasteiger partial charge in [0.1, 0.15) is 0 Å². The smallest absolute Gasteiger partial charge is 0.338 e. The Labute approximate surface area is 121 Å². The molecule has 0 aromatic rings. The molecule has 5 N–H and O–H groups in total. The first kappa shape index (κ1) is 20.1. The first-order chi connectivity index (χ1) is 5.42. The van der Waals surface area contributed by atoms with Crippen molar-refractivity contribution in [3.05, 3.63) is 0 Å². The van der Waals surface area contributed by atoms with Gasteiger partial charge in [-0.05, 0) is 12.8 Å². The molecule has 0 saturated heterocycles. The summed E-state index contributed by atoms with van der Waals surface area (Å²) in [7, 11) is 6.57. The van der Waals surface area contributed by atoms with Crippen molar-refractivity contribution in [1.29, 1.82) is 0 Å². The molecule has 4 nitrogen and oxygen atoms in total. The molecule has 6 heteroatoms. The molecule has 0 rings (SSSR count). The van der Waals surface area contributed by atoms with Crippen LogP contribution in [-0.2, 0) is 0 Å². The first-order valence-corrected chi connectivity index (χ1v) is 4.34. The zero-order valence-corrected chi connectivity index (χ0v) is 13.5. The highest BCUT2D eigenvalue weighted by atomic mass is 127. The van der Waals surface area contributed by atoms with Gasteiger partial charge in [-0.15, -0.1) is 0 Å². The fourth-order valence-electron chi connectivity index (χ4n) is 0.944. The van der Waals surface area contributed by atoms with Crippen molar-refractivity contribution >= 4 is 5.96 Å². The third-order valence-electron chi connectivity index (χ3n) is 1.58. The highest BCUT2D eigenvalue weighted by Crippen LogP contribution is 1.94. The van der Waals surface area contributed by atoms with Gasteiger partial charge in [0.05, 0.1) is 34.2 Å². The van der Waals surface area contributed by atoms with Crippen LogP contribution in [0.1, 0.15) is 12.8 Å². The number of nitrogens with two attached hydrogens (primary N) is 2. The molecule has 0 atom stereocenters. The molecule has 14 heavy (non-hydrogen) atoms. The first-order valence-electron chi connectivity index (χ1n) is 4.34. The minimum Gasteiger partial charge on any atom is -1.00 e. The fraction of sp³-hybridized carbons (Fsp3) is 0.875. The summed E-state index contributed by atoms with van der Waals surface area (Å²) < 4.78 is 1.02. The number of unbranched alkanes of at least 4 members (excludes halogenated alkanes) is 1. The van der Waals surface area contributed by atoms with E-state index in [4.69, 9.17) is 11.5 Å². The van der Waals surface area contributed by atoms with Gasteiger partial charge in [0, 0.05) is 0 Å². The number of quaternary nitrogens is 1. The molecule has 0 aromatic carbocycles. The van der Waals surface area contributed by atoms with E-state index in [1.165, 1.54) is 13.0 Å². The number of hydrogen-bond acceptors (Lipinski definition) is 0.